The molecule has 0 aliphatic heterocycles. The predicted octanol–water partition coefficient (Wildman–Crippen LogP) is 4.51. The van der Waals surface area contributed by atoms with Crippen molar-refractivity contribution in [1.82, 2.24) is 4.98 Å². The average Bonchev–Trinajstić information content (AvgIpc) is 3.17. The number of fused-ring (bicyclic) bond motifs is 1. The summed E-state index contributed by atoms with van der Waals surface area (Å²) in [5, 5.41) is 1.02. The molecule has 0 atom stereocenters. The van der Waals surface area contributed by atoms with E-state index >= 15 is 0 Å². The molecule has 3 aromatic rings. The summed E-state index contributed by atoms with van der Waals surface area (Å²) in [6, 6.07) is 13.3. The number of ether oxygens (including phenoxy) is 3. The summed E-state index contributed by atoms with van der Waals surface area (Å²) in [6.45, 7) is 4.07. The molecule has 0 saturated heterocycles. The molecule has 0 fully saturated rings. The lowest BCUT2D eigenvalue weighted by Gasteiger charge is -2.23. The lowest BCUT2D eigenvalue weighted by atomic mass is 10.1. The van der Waals surface area contributed by atoms with E-state index < -0.39 is 6.09 Å². The Hall–Kier alpha value is -3.41. The Labute approximate surface area is 158 Å². The van der Waals surface area contributed by atoms with Crippen LogP contribution in [0, 0.1) is 0 Å². The molecule has 1 aromatic heterocycles. The molecule has 0 unspecified atom stereocenters. The molecular formula is C21H22N2O4. The average molecular weight is 366 g/mol. The van der Waals surface area contributed by atoms with E-state index in [-0.39, 0.29) is 6.61 Å². The smallest absolute Gasteiger partial charge is 0.414 e. The molecule has 0 spiro atoms. The normalized spacial score (nSPS) is 10.4. The first kappa shape index (κ1) is 18.4. The number of rotatable bonds is 7. The molecule has 27 heavy (non-hydrogen) atoms. The van der Waals surface area contributed by atoms with Gasteiger partial charge < -0.3 is 19.2 Å². The number of nitrogens with zero attached hydrogens (tertiary/aromatic N) is 1. The predicted molar refractivity (Wildman–Crippen MR) is 106 cm³/mol. The number of methoxy groups -OCH3 is 2. The van der Waals surface area contributed by atoms with Crippen LogP contribution in [0.2, 0.25) is 0 Å². The van der Waals surface area contributed by atoms with Crippen molar-refractivity contribution >= 4 is 22.7 Å². The lowest BCUT2D eigenvalue weighted by molar-refractivity contribution is 0.165. The third kappa shape index (κ3) is 4.06. The van der Waals surface area contributed by atoms with Gasteiger partial charge in [0.15, 0.2) is 11.5 Å². The zero-order chi connectivity index (χ0) is 19.2. The number of hydrogen-bond donors (Lipinski definition) is 1. The van der Waals surface area contributed by atoms with Gasteiger partial charge in [-0.15, -0.1) is 0 Å². The van der Waals surface area contributed by atoms with Crippen molar-refractivity contribution in [3.8, 4) is 11.5 Å². The second-order valence-corrected chi connectivity index (χ2v) is 5.89. The largest absolute Gasteiger partial charge is 0.493 e. The Bertz CT molecular complexity index is 948. The van der Waals surface area contributed by atoms with Crippen LogP contribution >= 0.6 is 0 Å². The van der Waals surface area contributed by atoms with Crippen LogP contribution in [0.25, 0.3) is 10.9 Å². The molecule has 0 saturated carbocycles. The Kier molecular flexibility index (Phi) is 5.66. The van der Waals surface area contributed by atoms with Gasteiger partial charge in [-0.25, -0.2) is 4.79 Å². The van der Waals surface area contributed by atoms with Crippen LogP contribution < -0.4 is 14.4 Å². The van der Waals surface area contributed by atoms with Crippen molar-refractivity contribution in [3.63, 3.8) is 0 Å². The third-order valence-corrected chi connectivity index (χ3v) is 4.18. The van der Waals surface area contributed by atoms with Crippen LogP contribution in [0.4, 0.5) is 10.5 Å². The van der Waals surface area contributed by atoms with E-state index in [1.54, 1.807) is 25.2 Å². The summed E-state index contributed by atoms with van der Waals surface area (Å²) >= 11 is 0. The van der Waals surface area contributed by atoms with Gasteiger partial charge in [0, 0.05) is 22.8 Å². The van der Waals surface area contributed by atoms with Gasteiger partial charge >= 0.3 is 6.09 Å². The number of hydrogen-bond acceptors (Lipinski definition) is 4. The van der Waals surface area contributed by atoms with E-state index in [0.717, 1.165) is 22.2 Å². The van der Waals surface area contributed by atoms with Crippen LogP contribution in [0.1, 0.15) is 5.56 Å². The van der Waals surface area contributed by atoms with E-state index in [1.807, 2.05) is 48.7 Å². The maximum atomic E-state index is 12.7. The Morgan fingerprint density at radius 2 is 1.93 bits per heavy atom. The minimum absolute atomic E-state index is 0.146. The van der Waals surface area contributed by atoms with Gasteiger partial charge in [0.2, 0.25) is 0 Å². The van der Waals surface area contributed by atoms with Gasteiger partial charge in [0.25, 0.3) is 0 Å². The highest BCUT2D eigenvalue weighted by molar-refractivity contribution is 5.92. The van der Waals surface area contributed by atoms with E-state index in [1.165, 1.54) is 0 Å². The number of anilines is 1. The van der Waals surface area contributed by atoms with Crippen molar-refractivity contribution in [3.05, 3.63) is 66.9 Å². The fraction of sp³-hybridized carbons (Fsp3) is 0.190. The summed E-state index contributed by atoms with van der Waals surface area (Å²) in [6.07, 6.45) is 2.96. The first-order valence-electron chi connectivity index (χ1n) is 8.49. The number of carbonyl (C=O) groups excluding carboxylic acids is 1. The highest BCUT2D eigenvalue weighted by Crippen LogP contribution is 2.30. The Morgan fingerprint density at radius 3 is 2.67 bits per heavy atom. The minimum atomic E-state index is -0.445. The summed E-state index contributed by atoms with van der Waals surface area (Å²) in [5.41, 5.74) is 2.63. The molecule has 2 aromatic carbocycles. The molecule has 6 heteroatoms. The number of carbonyl (C=O) groups is 1. The fourth-order valence-electron chi connectivity index (χ4n) is 2.84. The quantitative estimate of drug-likeness (QED) is 0.625. The first-order chi connectivity index (χ1) is 13.2. The number of benzene rings is 2. The van der Waals surface area contributed by atoms with Gasteiger partial charge in [-0.1, -0.05) is 18.7 Å². The van der Waals surface area contributed by atoms with Crippen LogP contribution in [0.3, 0.4) is 0 Å². The number of aromatic amines is 1. The Balaban J connectivity index is 1.94. The zero-order valence-electron chi connectivity index (χ0n) is 15.4. The van der Waals surface area contributed by atoms with Gasteiger partial charge in [-0.05, 0) is 42.0 Å². The summed E-state index contributed by atoms with van der Waals surface area (Å²) < 4.78 is 15.9. The van der Waals surface area contributed by atoms with Gasteiger partial charge in [0.05, 0.1) is 20.8 Å². The molecule has 6 nitrogen and oxygen atoms in total. The molecule has 3 rings (SSSR count). The number of amides is 1. The van der Waals surface area contributed by atoms with E-state index in [9.17, 15) is 4.79 Å². The van der Waals surface area contributed by atoms with Crippen molar-refractivity contribution in [2.75, 3.05) is 25.7 Å². The molecule has 0 aliphatic carbocycles. The van der Waals surface area contributed by atoms with Crippen LogP contribution in [0.5, 0.6) is 11.5 Å². The molecule has 1 heterocycles. The molecular weight excluding hydrogens is 344 g/mol. The second-order valence-electron chi connectivity index (χ2n) is 5.89. The first-order valence-corrected chi connectivity index (χ1v) is 8.49. The number of aromatic nitrogens is 1. The maximum absolute atomic E-state index is 12.7. The van der Waals surface area contributed by atoms with Crippen molar-refractivity contribution < 1.29 is 19.0 Å². The van der Waals surface area contributed by atoms with Gasteiger partial charge in [-0.3, -0.25) is 4.90 Å². The lowest BCUT2D eigenvalue weighted by Crippen LogP contribution is -2.31. The van der Waals surface area contributed by atoms with Crippen molar-refractivity contribution in [2.24, 2.45) is 0 Å². The molecule has 0 bridgehead atoms. The summed E-state index contributed by atoms with van der Waals surface area (Å²) in [5.74, 6) is 1.24. The molecule has 1 amide bonds. The Morgan fingerprint density at radius 1 is 1.11 bits per heavy atom. The molecule has 1 N–H and O–H groups in total. The van der Waals surface area contributed by atoms with Crippen molar-refractivity contribution in [1.29, 1.82) is 0 Å². The SMILES string of the molecule is C=CCOC(=O)N(Cc1ccc(OC)c(OC)c1)c1ccc2[nH]ccc2c1. The zero-order valence-corrected chi connectivity index (χ0v) is 15.4. The maximum Gasteiger partial charge on any atom is 0.414 e. The van der Waals surface area contributed by atoms with Gasteiger partial charge in [-0.2, -0.15) is 0 Å². The van der Waals surface area contributed by atoms with Gasteiger partial charge in [0.1, 0.15) is 6.61 Å². The highest BCUT2D eigenvalue weighted by Gasteiger charge is 2.19. The van der Waals surface area contributed by atoms with E-state index in [4.69, 9.17) is 14.2 Å². The van der Waals surface area contributed by atoms with E-state index in [0.29, 0.717) is 18.0 Å². The van der Waals surface area contributed by atoms with Crippen LogP contribution in [-0.2, 0) is 11.3 Å². The molecule has 140 valence electrons. The molecule has 0 radical (unpaired) electrons. The van der Waals surface area contributed by atoms with Crippen molar-refractivity contribution in [2.45, 2.75) is 6.54 Å². The minimum Gasteiger partial charge on any atom is -0.493 e. The number of nitrogens with one attached hydrogen (secondary N) is 1. The summed E-state index contributed by atoms with van der Waals surface area (Å²) in [7, 11) is 3.17. The molecule has 0 aliphatic rings. The fourth-order valence-corrected chi connectivity index (χ4v) is 2.84. The standard InChI is InChI=1S/C21H22N2O4/c1-4-11-27-21(24)23(17-6-7-18-16(13-17)9-10-22-18)14-15-5-8-19(25-2)20(12-15)26-3/h4-10,12-13,22H,1,11,14H2,2-3H3. The number of H-pyrrole nitrogens is 1. The summed E-state index contributed by atoms with van der Waals surface area (Å²) in [4.78, 5) is 17.4. The van der Waals surface area contributed by atoms with E-state index in [2.05, 4.69) is 11.6 Å². The topological polar surface area (TPSA) is 63.8 Å². The monoisotopic (exact) mass is 366 g/mol. The highest BCUT2D eigenvalue weighted by atomic mass is 16.6. The van der Waals surface area contributed by atoms with Crippen LogP contribution in [0.15, 0.2) is 61.3 Å². The third-order valence-electron chi connectivity index (χ3n) is 4.18. The van der Waals surface area contributed by atoms with Crippen LogP contribution in [-0.4, -0.2) is 31.9 Å². The second kappa shape index (κ2) is 8.31.